The minimum Gasteiger partial charge on any atom is -0.280 e. The van der Waals surface area contributed by atoms with E-state index in [1.165, 1.54) is 22.9 Å². The molecule has 0 saturated heterocycles. The number of nitrogens with one attached hydrogen (secondary N) is 2. The van der Waals surface area contributed by atoms with Gasteiger partial charge >= 0.3 is 6.18 Å². The normalized spacial score (nSPS) is 12.8. The quantitative estimate of drug-likeness (QED) is 0.685. The summed E-state index contributed by atoms with van der Waals surface area (Å²) in [5.74, 6) is 0. The third kappa shape index (κ3) is 5.72. The van der Waals surface area contributed by atoms with Gasteiger partial charge in [0.1, 0.15) is 11.4 Å². The molecule has 0 atom stereocenters. The van der Waals surface area contributed by atoms with Crippen molar-refractivity contribution in [1.82, 2.24) is 4.72 Å². The lowest BCUT2D eigenvalue weighted by Crippen LogP contribution is -2.33. The maximum atomic E-state index is 12.4. The van der Waals surface area contributed by atoms with Gasteiger partial charge in [0.2, 0.25) is 10.0 Å². The summed E-state index contributed by atoms with van der Waals surface area (Å²) >= 11 is 11.6. The van der Waals surface area contributed by atoms with E-state index >= 15 is 0 Å². The highest BCUT2D eigenvalue weighted by Gasteiger charge is 2.30. The van der Waals surface area contributed by atoms with E-state index in [0.717, 1.165) is 24.3 Å². The van der Waals surface area contributed by atoms with Gasteiger partial charge in [-0.05, 0) is 36.4 Å². The van der Waals surface area contributed by atoms with Crippen LogP contribution < -0.4 is 9.44 Å². The summed E-state index contributed by atoms with van der Waals surface area (Å²) in [6.45, 7) is -1.73. The van der Waals surface area contributed by atoms with Gasteiger partial charge in [0.25, 0.3) is 10.0 Å². The third-order valence-electron chi connectivity index (χ3n) is 3.09. The Labute approximate surface area is 163 Å². The van der Waals surface area contributed by atoms with E-state index in [0.29, 0.717) is 0 Å². The number of hydrogen-bond donors (Lipinski definition) is 2. The van der Waals surface area contributed by atoms with Gasteiger partial charge in [-0.2, -0.15) is 13.2 Å². The lowest BCUT2D eigenvalue weighted by molar-refractivity contribution is -0.121. The van der Waals surface area contributed by atoms with Crippen molar-refractivity contribution in [2.45, 2.75) is 16.0 Å². The first-order valence-corrected chi connectivity index (χ1v) is 10.7. The third-order valence-corrected chi connectivity index (χ3v) is 6.86. The highest BCUT2D eigenvalue weighted by atomic mass is 35.5. The molecule has 13 heteroatoms. The van der Waals surface area contributed by atoms with Crippen LogP contribution in [-0.2, 0) is 20.0 Å². The molecule has 0 heterocycles. The molecular formula is C14H11Cl2F3N2O4S2. The van der Waals surface area contributed by atoms with E-state index in [4.69, 9.17) is 23.2 Å². The van der Waals surface area contributed by atoms with Crippen LogP contribution in [0, 0.1) is 0 Å². The molecule has 2 N–H and O–H groups in total. The monoisotopic (exact) mass is 462 g/mol. The summed E-state index contributed by atoms with van der Waals surface area (Å²) in [6.07, 6.45) is -4.71. The molecule has 0 aromatic heterocycles. The van der Waals surface area contributed by atoms with Crippen molar-refractivity contribution in [2.75, 3.05) is 11.3 Å². The summed E-state index contributed by atoms with van der Waals surface area (Å²) in [5.41, 5.74) is -0.0270. The SMILES string of the molecule is O=S(=O)(NCC(F)(F)F)c1ccc(NS(=O)(=O)c2cccc(Cl)c2Cl)cc1. The molecule has 2 aromatic carbocycles. The zero-order valence-corrected chi connectivity index (χ0v) is 16.2. The maximum Gasteiger partial charge on any atom is 0.402 e. The number of rotatable bonds is 6. The van der Waals surface area contributed by atoms with E-state index < -0.39 is 37.7 Å². The van der Waals surface area contributed by atoms with Gasteiger partial charge in [-0.15, -0.1) is 0 Å². The van der Waals surface area contributed by atoms with E-state index in [1.807, 2.05) is 0 Å². The largest absolute Gasteiger partial charge is 0.402 e. The molecule has 6 nitrogen and oxygen atoms in total. The zero-order valence-electron chi connectivity index (χ0n) is 13.1. The number of benzene rings is 2. The van der Waals surface area contributed by atoms with Crippen LogP contribution in [0.4, 0.5) is 18.9 Å². The smallest absolute Gasteiger partial charge is 0.280 e. The first-order valence-electron chi connectivity index (χ1n) is 6.95. The van der Waals surface area contributed by atoms with Crippen molar-refractivity contribution in [3.8, 4) is 0 Å². The topological polar surface area (TPSA) is 92.3 Å². The van der Waals surface area contributed by atoms with Crippen LogP contribution in [0.1, 0.15) is 0 Å². The van der Waals surface area contributed by atoms with Crippen LogP contribution in [0.25, 0.3) is 0 Å². The van der Waals surface area contributed by atoms with E-state index in [2.05, 4.69) is 4.72 Å². The van der Waals surface area contributed by atoms with Crippen LogP contribution in [-0.4, -0.2) is 29.6 Å². The Bertz CT molecular complexity index is 1040. The number of halogens is 5. The van der Waals surface area contributed by atoms with Gasteiger partial charge in [-0.3, -0.25) is 4.72 Å². The molecule has 0 bridgehead atoms. The highest BCUT2D eigenvalue weighted by Crippen LogP contribution is 2.30. The summed E-state index contributed by atoms with van der Waals surface area (Å²) in [5, 5.41) is -0.168. The second-order valence-electron chi connectivity index (χ2n) is 5.12. The predicted octanol–water partition coefficient (Wildman–Crippen LogP) is 3.63. The Kier molecular flexibility index (Phi) is 6.32. The molecule has 148 valence electrons. The van der Waals surface area contributed by atoms with E-state index in [-0.39, 0.29) is 20.6 Å². The van der Waals surface area contributed by atoms with Gasteiger partial charge in [-0.25, -0.2) is 21.6 Å². The number of anilines is 1. The molecule has 2 aromatic rings. The Morgan fingerprint density at radius 3 is 2.04 bits per heavy atom. The fourth-order valence-electron chi connectivity index (χ4n) is 1.86. The predicted molar refractivity (Wildman–Crippen MR) is 95.0 cm³/mol. The molecule has 0 unspecified atom stereocenters. The zero-order chi connectivity index (χ0) is 20.5. The van der Waals surface area contributed by atoms with E-state index in [9.17, 15) is 30.0 Å². The summed E-state index contributed by atoms with van der Waals surface area (Å²) in [4.78, 5) is -0.754. The van der Waals surface area contributed by atoms with Crippen molar-refractivity contribution in [3.63, 3.8) is 0 Å². The highest BCUT2D eigenvalue weighted by molar-refractivity contribution is 7.92. The van der Waals surface area contributed by atoms with Crippen LogP contribution in [0.5, 0.6) is 0 Å². The molecule has 0 amide bonds. The van der Waals surface area contributed by atoms with Crippen LogP contribution in [0.3, 0.4) is 0 Å². The van der Waals surface area contributed by atoms with Crippen LogP contribution in [0.15, 0.2) is 52.3 Å². The molecule has 0 fully saturated rings. The molecule has 0 aliphatic heterocycles. The first-order chi connectivity index (χ1) is 12.3. The van der Waals surface area contributed by atoms with Crippen molar-refractivity contribution in [1.29, 1.82) is 0 Å². The first kappa shape index (κ1) is 21.8. The summed E-state index contributed by atoms with van der Waals surface area (Å²) in [6, 6.07) is 8.07. The molecule has 0 saturated carbocycles. The molecule has 0 aliphatic carbocycles. The molecule has 0 spiro atoms. The number of alkyl halides is 3. The second kappa shape index (κ2) is 7.84. The average Bonchev–Trinajstić information content (AvgIpc) is 2.55. The van der Waals surface area contributed by atoms with Crippen molar-refractivity contribution < 1.29 is 30.0 Å². The summed E-state index contributed by atoms with van der Waals surface area (Å²) < 4.78 is 88.3. The average molecular weight is 463 g/mol. The standard InChI is InChI=1S/C14H11Cl2F3N2O4S2/c15-11-2-1-3-12(13(11)16)27(24,25)21-9-4-6-10(7-5-9)26(22,23)20-8-14(17,18)19/h1-7,20-21H,8H2. The van der Waals surface area contributed by atoms with Gasteiger partial charge in [0.05, 0.1) is 14.9 Å². The Hall–Kier alpha value is -1.53. The molecule has 0 aliphatic rings. The van der Waals surface area contributed by atoms with Gasteiger partial charge < -0.3 is 0 Å². The Balaban J connectivity index is 2.21. The van der Waals surface area contributed by atoms with Gasteiger partial charge in [-0.1, -0.05) is 29.3 Å². The Morgan fingerprint density at radius 2 is 1.48 bits per heavy atom. The van der Waals surface area contributed by atoms with Crippen LogP contribution in [0.2, 0.25) is 10.0 Å². The second-order valence-corrected chi connectivity index (χ2v) is 9.32. The molecular weight excluding hydrogens is 452 g/mol. The number of hydrogen-bond acceptors (Lipinski definition) is 4. The number of sulfonamides is 2. The minimum atomic E-state index is -4.71. The fraction of sp³-hybridized carbons (Fsp3) is 0.143. The fourth-order valence-corrected chi connectivity index (χ4v) is 4.70. The van der Waals surface area contributed by atoms with Gasteiger partial charge in [0, 0.05) is 5.69 Å². The summed E-state index contributed by atoms with van der Waals surface area (Å²) in [7, 11) is -8.53. The van der Waals surface area contributed by atoms with Crippen LogP contribution >= 0.6 is 23.2 Å². The molecule has 2 rings (SSSR count). The minimum absolute atomic E-state index is 0.0247. The van der Waals surface area contributed by atoms with Crippen molar-refractivity contribution in [2.24, 2.45) is 0 Å². The molecule has 0 radical (unpaired) electrons. The van der Waals surface area contributed by atoms with Crippen molar-refractivity contribution >= 4 is 48.9 Å². The Morgan fingerprint density at radius 1 is 0.889 bits per heavy atom. The van der Waals surface area contributed by atoms with Gasteiger partial charge in [0.15, 0.2) is 0 Å². The van der Waals surface area contributed by atoms with E-state index in [1.54, 1.807) is 0 Å². The maximum absolute atomic E-state index is 12.4. The molecule has 27 heavy (non-hydrogen) atoms. The van der Waals surface area contributed by atoms with Crippen molar-refractivity contribution in [3.05, 3.63) is 52.5 Å². The lowest BCUT2D eigenvalue weighted by atomic mass is 10.3. The lowest BCUT2D eigenvalue weighted by Gasteiger charge is -2.12.